The van der Waals surface area contributed by atoms with Gasteiger partial charge in [-0.2, -0.15) is 0 Å². The highest BCUT2D eigenvalue weighted by atomic mass is 15.0. The van der Waals surface area contributed by atoms with Gasteiger partial charge in [-0.3, -0.25) is 0 Å². The van der Waals surface area contributed by atoms with E-state index in [1.165, 1.54) is 0 Å². The van der Waals surface area contributed by atoms with E-state index < -0.39 is 0 Å². The molecule has 2 aromatic rings. The van der Waals surface area contributed by atoms with E-state index in [1.807, 2.05) is 13.0 Å². The Morgan fingerprint density at radius 2 is 1.88 bits per heavy atom. The van der Waals surface area contributed by atoms with E-state index in [4.69, 9.17) is 0 Å². The second-order valence-electron chi connectivity index (χ2n) is 3.74. The zero-order chi connectivity index (χ0) is 12.1. The van der Waals surface area contributed by atoms with Gasteiger partial charge in [0, 0.05) is 25.1 Å². The van der Waals surface area contributed by atoms with Gasteiger partial charge in [-0.15, -0.1) is 0 Å². The lowest BCUT2D eigenvalue weighted by Gasteiger charge is -2.03. The Morgan fingerprint density at radius 1 is 1.12 bits per heavy atom. The molecule has 0 aliphatic carbocycles. The Balaban J connectivity index is 2.23. The molecular formula is C12H15N5. The third-order valence-corrected chi connectivity index (χ3v) is 2.25. The molecule has 0 amide bonds. The van der Waals surface area contributed by atoms with Crippen molar-refractivity contribution < 1.29 is 0 Å². The molecule has 0 aliphatic heterocycles. The van der Waals surface area contributed by atoms with Crippen LogP contribution >= 0.6 is 0 Å². The third-order valence-electron chi connectivity index (χ3n) is 2.25. The van der Waals surface area contributed by atoms with Crippen LogP contribution in [-0.2, 0) is 6.54 Å². The van der Waals surface area contributed by atoms with Crippen molar-refractivity contribution >= 4 is 0 Å². The van der Waals surface area contributed by atoms with E-state index in [-0.39, 0.29) is 0 Å². The van der Waals surface area contributed by atoms with Gasteiger partial charge in [0.05, 0.1) is 5.69 Å². The molecule has 2 aromatic heterocycles. The topological polar surface area (TPSA) is 63.6 Å². The molecule has 17 heavy (non-hydrogen) atoms. The number of nitrogens with one attached hydrogen (secondary N) is 1. The molecule has 0 bridgehead atoms. The molecule has 0 radical (unpaired) electrons. The number of aromatic nitrogens is 4. The Labute approximate surface area is 100 Å². The van der Waals surface area contributed by atoms with E-state index in [2.05, 4.69) is 32.2 Å². The lowest BCUT2D eigenvalue weighted by molar-refractivity contribution is 0.708. The molecule has 0 saturated heterocycles. The summed E-state index contributed by atoms with van der Waals surface area (Å²) in [6.07, 6.45) is 5.27. The highest BCUT2D eigenvalue weighted by Gasteiger charge is 2.04. The summed E-state index contributed by atoms with van der Waals surface area (Å²) in [4.78, 5) is 17.0. The van der Waals surface area contributed by atoms with E-state index >= 15 is 0 Å². The van der Waals surface area contributed by atoms with E-state index in [1.54, 1.807) is 18.6 Å². The predicted molar refractivity (Wildman–Crippen MR) is 65.2 cm³/mol. The minimum Gasteiger partial charge on any atom is -0.311 e. The Bertz CT molecular complexity index is 481. The highest BCUT2D eigenvalue weighted by molar-refractivity contribution is 5.42. The van der Waals surface area contributed by atoms with Gasteiger partial charge >= 0.3 is 0 Å². The third kappa shape index (κ3) is 3.04. The number of hydrogen-bond acceptors (Lipinski definition) is 5. The van der Waals surface area contributed by atoms with Crippen molar-refractivity contribution in [1.82, 2.24) is 25.3 Å². The lowest BCUT2D eigenvalue weighted by atomic mass is 10.3. The Morgan fingerprint density at radius 3 is 2.59 bits per heavy atom. The van der Waals surface area contributed by atoms with Gasteiger partial charge in [0.1, 0.15) is 0 Å². The maximum atomic E-state index is 4.41. The van der Waals surface area contributed by atoms with Crippen LogP contribution in [0.4, 0.5) is 0 Å². The van der Waals surface area contributed by atoms with E-state index in [0.717, 1.165) is 24.3 Å². The predicted octanol–water partition coefficient (Wildman–Crippen LogP) is 1.35. The first-order chi connectivity index (χ1) is 8.29. The molecule has 5 heteroatoms. The van der Waals surface area contributed by atoms with Crippen LogP contribution < -0.4 is 5.32 Å². The monoisotopic (exact) mass is 229 g/mol. The normalized spacial score (nSPS) is 10.5. The van der Waals surface area contributed by atoms with Gasteiger partial charge in [-0.05, 0) is 25.1 Å². The first-order valence-electron chi connectivity index (χ1n) is 5.61. The van der Waals surface area contributed by atoms with Crippen LogP contribution in [0, 0.1) is 6.92 Å². The van der Waals surface area contributed by atoms with Crippen LogP contribution in [0.1, 0.15) is 18.2 Å². The van der Waals surface area contributed by atoms with Crippen LogP contribution in [0.3, 0.4) is 0 Å². The lowest BCUT2D eigenvalue weighted by Crippen LogP contribution is -2.13. The molecule has 0 saturated carbocycles. The molecule has 88 valence electrons. The molecule has 0 fully saturated rings. The quantitative estimate of drug-likeness (QED) is 0.857. The highest BCUT2D eigenvalue weighted by Crippen LogP contribution is 2.08. The molecule has 0 spiro atoms. The van der Waals surface area contributed by atoms with Crippen molar-refractivity contribution in [2.24, 2.45) is 0 Å². The fourth-order valence-electron chi connectivity index (χ4n) is 1.36. The fraction of sp³-hybridized carbons (Fsp3) is 0.333. The largest absolute Gasteiger partial charge is 0.311 e. The van der Waals surface area contributed by atoms with Crippen LogP contribution in [0.2, 0.25) is 0 Å². The van der Waals surface area contributed by atoms with Crippen molar-refractivity contribution in [3.05, 3.63) is 35.9 Å². The maximum Gasteiger partial charge on any atom is 0.197 e. The molecule has 2 heterocycles. The summed E-state index contributed by atoms with van der Waals surface area (Å²) in [5, 5.41) is 3.22. The summed E-state index contributed by atoms with van der Waals surface area (Å²) < 4.78 is 0. The van der Waals surface area contributed by atoms with Gasteiger partial charge < -0.3 is 5.32 Å². The number of rotatable bonds is 4. The molecule has 0 atom stereocenters. The first-order valence-corrected chi connectivity index (χ1v) is 5.61. The zero-order valence-electron chi connectivity index (χ0n) is 10.0. The average molecular weight is 229 g/mol. The number of aryl methyl sites for hydroxylation is 1. The van der Waals surface area contributed by atoms with Gasteiger partial charge in [0.2, 0.25) is 0 Å². The summed E-state index contributed by atoms with van der Waals surface area (Å²) in [6, 6.07) is 1.89. The van der Waals surface area contributed by atoms with Crippen molar-refractivity contribution in [2.75, 3.05) is 6.54 Å². The van der Waals surface area contributed by atoms with Crippen molar-refractivity contribution in [3.8, 4) is 11.6 Å². The average Bonchev–Trinajstić information content (AvgIpc) is 2.37. The van der Waals surface area contributed by atoms with Crippen LogP contribution in [0.5, 0.6) is 0 Å². The second-order valence-corrected chi connectivity index (χ2v) is 3.74. The van der Waals surface area contributed by atoms with Gasteiger partial charge in [-0.25, -0.2) is 19.9 Å². The first kappa shape index (κ1) is 11.6. The molecule has 2 rings (SSSR count). The molecular weight excluding hydrogens is 214 g/mol. The molecule has 0 unspecified atom stereocenters. The van der Waals surface area contributed by atoms with Gasteiger partial charge in [0.25, 0.3) is 0 Å². The van der Waals surface area contributed by atoms with Crippen molar-refractivity contribution in [1.29, 1.82) is 0 Å². The fourth-order valence-corrected chi connectivity index (χ4v) is 1.36. The Hall–Kier alpha value is -1.88. The van der Waals surface area contributed by atoms with E-state index in [0.29, 0.717) is 11.6 Å². The van der Waals surface area contributed by atoms with Gasteiger partial charge in [-0.1, -0.05) is 6.92 Å². The summed E-state index contributed by atoms with van der Waals surface area (Å²) >= 11 is 0. The molecule has 0 aromatic carbocycles. The second kappa shape index (κ2) is 5.45. The Kier molecular flexibility index (Phi) is 3.72. The SMILES string of the molecule is CCNCc1ccnc(-c2ncc(C)cn2)n1. The van der Waals surface area contributed by atoms with Crippen LogP contribution in [-0.4, -0.2) is 26.5 Å². The number of hydrogen-bond donors (Lipinski definition) is 1. The van der Waals surface area contributed by atoms with E-state index in [9.17, 15) is 0 Å². The molecule has 1 N–H and O–H groups in total. The molecule has 0 aliphatic rings. The van der Waals surface area contributed by atoms with Crippen LogP contribution in [0.25, 0.3) is 11.6 Å². The van der Waals surface area contributed by atoms with Crippen LogP contribution in [0.15, 0.2) is 24.7 Å². The smallest absolute Gasteiger partial charge is 0.197 e. The van der Waals surface area contributed by atoms with Crippen molar-refractivity contribution in [2.45, 2.75) is 20.4 Å². The zero-order valence-corrected chi connectivity index (χ0v) is 10.0. The summed E-state index contributed by atoms with van der Waals surface area (Å²) in [6.45, 7) is 5.66. The molecule has 5 nitrogen and oxygen atoms in total. The van der Waals surface area contributed by atoms with Crippen molar-refractivity contribution in [3.63, 3.8) is 0 Å². The minimum absolute atomic E-state index is 0.564. The number of nitrogens with zero attached hydrogens (tertiary/aromatic N) is 4. The summed E-state index contributed by atoms with van der Waals surface area (Å²) in [7, 11) is 0. The van der Waals surface area contributed by atoms with Gasteiger partial charge in [0.15, 0.2) is 11.6 Å². The minimum atomic E-state index is 0.564. The summed E-state index contributed by atoms with van der Waals surface area (Å²) in [5.74, 6) is 1.13. The standard InChI is InChI=1S/C12H15N5/c1-3-13-8-10-4-5-14-12(17-10)11-15-6-9(2)7-16-11/h4-7,13H,3,8H2,1-2H3. The summed E-state index contributed by atoms with van der Waals surface area (Å²) in [5.41, 5.74) is 1.97. The maximum absolute atomic E-state index is 4.41.